The van der Waals surface area contributed by atoms with Gasteiger partial charge in [0.05, 0.1) is 12.2 Å². The first-order valence-corrected chi connectivity index (χ1v) is 12.7. The zero-order chi connectivity index (χ0) is 23.9. The van der Waals surface area contributed by atoms with Gasteiger partial charge >= 0.3 is 0 Å². The minimum Gasteiger partial charge on any atom is -0.388 e. The van der Waals surface area contributed by atoms with E-state index in [1.54, 1.807) is 6.33 Å². The Kier molecular flexibility index (Phi) is 46.1. The van der Waals surface area contributed by atoms with Crippen molar-refractivity contribution in [3.05, 3.63) is 18.2 Å². The van der Waals surface area contributed by atoms with Gasteiger partial charge in [0.1, 0.15) is 0 Å². The molecule has 0 radical (unpaired) electrons. The second kappa shape index (κ2) is 38.3. The Morgan fingerprint density at radius 1 is 0.767 bits per heavy atom. The fourth-order valence-electron chi connectivity index (χ4n) is 1.75. The topological polar surface area (TPSA) is 67.1 Å². The first-order valence-electron chi connectivity index (χ1n) is 12.7. The van der Waals surface area contributed by atoms with E-state index in [1.165, 1.54) is 69.9 Å². The van der Waals surface area contributed by atoms with Crippen molar-refractivity contribution in [2.45, 2.75) is 139 Å². The van der Waals surface area contributed by atoms with Crippen molar-refractivity contribution >= 4 is 5.84 Å². The Hall–Kier alpha value is -1.32. The van der Waals surface area contributed by atoms with Crippen LogP contribution in [0, 0.1) is 0 Å². The highest BCUT2D eigenvalue weighted by Crippen LogP contribution is 1.95. The number of nitrogens with two attached hydrogens (primary N) is 1. The van der Waals surface area contributed by atoms with Gasteiger partial charge in [0.15, 0.2) is 0 Å². The predicted octanol–water partition coefficient (Wildman–Crippen LogP) is 8.73. The van der Waals surface area contributed by atoms with Gasteiger partial charge in [-0.05, 0) is 19.8 Å². The van der Waals surface area contributed by atoms with E-state index >= 15 is 0 Å². The molecule has 1 aromatic heterocycles. The van der Waals surface area contributed by atoms with E-state index in [1.807, 2.05) is 13.1 Å². The Bertz CT molecular complexity index is 360. The molecule has 4 nitrogen and oxygen atoms in total. The van der Waals surface area contributed by atoms with Crippen LogP contribution in [-0.2, 0) is 6.42 Å². The molecule has 0 bridgehead atoms. The van der Waals surface area contributed by atoms with E-state index < -0.39 is 0 Å². The Balaban J connectivity index is -0.000000144. The van der Waals surface area contributed by atoms with Crippen LogP contribution < -0.4 is 5.73 Å². The molecule has 0 fully saturated rings. The molecule has 30 heavy (non-hydrogen) atoms. The molecule has 0 saturated carbocycles. The van der Waals surface area contributed by atoms with Crippen LogP contribution in [-0.4, -0.2) is 22.3 Å². The summed E-state index contributed by atoms with van der Waals surface area (Å²) in [7, 11) is 0. The van der Waals surface area contributed by atoms with Gasteiger partial charge in [0.2, 0.25) is 0 Å². The lowest BCUT2D eigenvalue weighted by molar-refractivity contribution is 0.702. The number of aryl methyl sites for hydroxylation is 1. The van der Waals surface area contributed by atoms with Crippen molar-refractivity contribution in [3.8, 4) is 0 Å². The van der Waals surface area contributed by atoms with Crippen molar-refractivity contribution < 1.29 is 0 Å². The van der Waals surface area contributed by atoms with E-state index in [-0.39, 0.29) is 0 Å². The third-order valence-corrected chi connectivity index (χ3v) is 3.97. The highest BCUT2D eigenvalue weighted by Gasteiger charge is 1.82. The molecule has 182 valence electrons. The molecular weight excluding hydrogens is 368 g/mol. The van der Waals surface area contributed by atoms with Crippen molar-refractivity contribution in [1.82, 2.24) is 9.97 Å². The van der Waals surface area contributed by atoms with Crippen LogP contribution in [0.25, 0.3) is 0 Å². The third-order valence-electron chi connectivity index (χ3n) is 3.97. The number of aromatic nitrogens is 2. The van der Waals surface area contributed by atoms with E-state index in [0.29, 0.717) is 5.84 Å². The summed E-state index contributed by atoms with van der Waals surface area (Å²) >= 11 is 0. The molecule has 1 aromatic rings. The van der Waals surface area contributed by atoms with Crippen LogP contribution in [0.15, 0.2) is 17.5 Å². The minimum atomic E-state index is 0.693. The quantitative estimate of drug-likeness (QED) is 0.223. The van der Waals surface area contributed by atoms with Crippen LogP contribution in [0.3, 0.4) is 0 Å². The largest absolute Gasteiger partial charge is 0.388 e. The van der Waals surface area contributed by atoms with E-state index in [0.717, 1.165) is 19.4 Å². The standard InChI is InChI=1S/C6H14N2.C6H14.C5H8N2.C5H12.C4H10/c1-3-4-5-8-6(2)7;1-3-5-6-4-2;1-2-5-3-6-4-7-5;1-3-5-4-2;1-3-4-2/h3-5H2,1-2H3,(H2,7,8);3-6H2,1-2H3;3-4H,2H2,1H3,(H,6,7);3-5H2,1-2H3;3-4H2,1-2H3. The zero-order valence-electron chi connectivity index (χ0n) is 22.3. The molecule has 3 N–H and O–H groups in total. The average molecular weight is 427 g/mol. The van der Waals surface area contributed by atoms with Crippen molar-refractivity contribution in [1.29, 1.82) is 0 Å². The molecule has 4 heteroatoms. The lowest BCUT2D eigenvalue weighted by Crippen LogP contribution is -2.05. The lowest BCUT2D eigenvalue weighted by Gasteiger charge is -1.89. The number of imidazole rings is 1. The summed E-state index contributed by atoms with van der Waals surface area (Å²) in [5.41, 5.74) is 6.48. The number of H-pyrrole nitrogens is 1. The normalized spacial score (nSPS) is 9.57. The van der Waals surface area contributed by atoms with Gasteiger partial charge in [0, 0.05) is 18.4 Å². The van der Waals surface area contributed by atoms with Gasteiger partial charge < -0.3 is 10.7 Å². The summed E-state index contributed by atoms with van der Waals surface area (Å²) in [4.78, 5) is 10.8. The molecule has 0 aliphatic heterocycles. The number of aromatic amines is 1. The van der Waals surface area contributed by atoms with E-state index in [4.69, 9.17) is 5.73 Å². The maximum absolute atomic E-state index is 5.28. The van der Waals surface area contributed by atoms with E-state index in [2.05, 4.69) is 70.4 Å². The van der Waals surface area contributed by atoms with Gasteiger partial charge in [-0.2, -0.15) is 0 Å². The molecule has 0 saturated heterocycles. The van der Waals surface area contributed by atoms with Crippen LogP contribution in [0.5, 0.6) is 0 Å². The first-order chi connectivity index (χ1) is 14.4. The molecule has 0 aliphatic carbocycles. The molecule has 1 rings (SSSR count). The van der Waals surface area contributed by atoms with Crippen LogP contribution in [0.4, 0.5) is 0 Å². The third kappa shape index (κ3) is 50.4. The number of hydrogen-bond acceptors (Lipinski definition) is 2. The molecule has 0 atom stereocenters. The monoisotopic (exact) mass is 426 g/mol. The summed E-state index contributed by atoms with van der Waals surface area (Å²) < 4.78 is 0. The fraction of sp³-hybridized carbons (Fsp3) is 0.846. The predicted molar refractivity (Wildman–Crippen MR) is 141 cm³/mol. The van der Waals surface area contributed by atoms with Gasteiger partial charge in [0.25, 0.3) is 0 Å². The van der Waals surface area contributed by atoms with Crippen molar-refractivity contribution in [2.75, 3.05) is 6.54 Å². The summed E-state index contributed by atoms with van der Waals surface area (Å²) in [6, 6.07) is 0. The zero-order valence-corrected chi connectivity index (χ0v) is 22.3. The van der Waals surface area contributed by atoms with Crippen LogP contribution in [0.1, 0.15) is 139 Å². The first kappa shape index (κ1) is 36.1. The highest BCUT2D eigenvalue weighted by atomic mass is 14.9. The number of rotatable bonds is 10. The lowest BCUT2D eigenvalue weighted by atomic mass is 10.2. The Labute approximate surface area is 191 Å². The summed E-state index contributed by atoms with van der Waals surface area (Å²) in [6.07, 6.45) is 19.2. The van der Waals surface area contributed by atoms with Gasteiger partial charge in [-0.1, -0.05) is 120 Å². The number of aliphatic imine (C=N–C) groups is 1. The smallest absolute Gasteiger partial charge is 0.0921 e. The molecule has 0 unspecified atom stereocenters. The number of nitrogens with one attached hydrogen (secondary N) is 1. The van der Waals surface area contributed by atoms with Gasteiger partial charge in [-0.3, -0.25) is 4.99 Å². The van der Waals surface area contributed by atoms with Gasteiger partial charge in [-0.25, -0.2) is 4.98 Å². The van der Waals surface area contributed by atoms with Gasteiger partial charge in [-0.15, -0.1) is 0 Å². The summed E-state index contributed by atoms with van der Waals surface area (Å²) in [5.74, 6) is 0.693. The van der Waals surface area contributed by atoms with Crippen molar-refractivity contribution in [3.63, 3.8) is 0 Å². The van der Waals surface area contributed by atoms with Crippen molar-refractivity contribution in [2.24, 2.45) is 10.7 Å². The van der Waals surface area contributed by atoms with Crippen LogP contribution in [0.2, 0.25) is 0 Å². The summed E-state index contributed by atoms with van der Waals surface area (Å²) in [5, 5.41) is 0. The fourth-order valence-corrected chi connectivity index (χ4v) is 1.75. The molecule has 0 aliphatic rings. The van der Waals surface area contributed by atoms with E-state index in [9.17, 15) is 0 Å². The Morgan fingerprint density at radius 3 is 1.43 bits per heavy atom. The maximum Gasteiger partial charge on any atom is 0.0921 e. The molecule has 0 aromatic carbocycles. The molecule has 1 heterocycles. The maximum atomic E-state index is 5.28. The second-order valence-corrected chi connectivity index (χ2v) is 7.37. The number of unbranched alkanes of at least 4 members (excludes halogenated alkanes) is 7. The number of nitrogens with zero attached hydrogens (tertiary/aromatic N) is 2. The molecule has 0 amide bonds. The van der Waals surface area contributed by atoms with Crippen LogP contribution >= 0.6 is 0 Å². The SMILES string of the molecule is CCCC.CCCCC.CCCCCC.CCCCN=C(C)N.CCc1cnc[nH]1. The summed E-state index contributed by atoms with van der Waals surface area (Å²) in [6.45, 7) is 20.2. The Morgan fingerprint density at radius 2 is 1.23 bits per heavy atom. The minimum absolute atomic E-state index is 0.693. The molecule has 0 spiro atoms. The second-order valence-electron chi connectivity index (χ2n) is 7.37. The average Bonchev–Trinajstić information content (AvgIpc) is 3.28. The number of hydrogen-bond donors (Lipinski definition) is 2. The molecular formula is C26H58N4. The highest BCUT2D eigenvalue weighted by molar-refractivity contribution is 5.77. The number of amidine groups is 1.